The van der Waals surface area contributed by atoms with Gasteiger partial charge in [0.15, 0.2) is 0 Å². The Morgan fingerprint density at radius 2 is 2.26 bits per heavy atom. The number of aromatic nitrogens is 2. The van der Waals surface area contributed by atoms with E-state index in [0.717, 1.165) is 48.8 Å². The summed E-state index contributed by atoms with van der Waals surface area (Å²) < 4.78 is 15.5. The number of benzene rings is 1. The van der Waals surface area contributed by atoms with Crippen molar-refractivity contribution < 1.29 is 4.39 Å². The Morgan fingerprint density at radius 3 is 3.00 bits per heavy atom. The van der Waals surface area contributed by atoms with Crippen molar-refractivity contribution in [2.75, 3.05) is 6.54 Å². The van der Waals surface area contributed by atoms with E-state index >= 15 is 0 Å². The molecule has 1 aliphatic rings. The molecule has 1 heterocycles. The number of nitrogens with zero attached hydrogens (tertiary/aromatic N) is 2. The summed E-state index contributed by atoms with van der Waals surface area (Å²) in [4.78, 5) is 4.65. The molecule has 1 saturated carbocycles. The van der Waals surface area contributed by atoms with Crippen molar-refractivity contribution in [1.29, 1.82) is 0 Å². The van der Waals surface area contributed by atoms with Gasteiger partial charge in [-0.2, -0.15) is 0 Å². The van der Waals surface area contributed by atoms with Crippen LogP contribution in [0.25, 0.3) is 11.0 Å². The van der Waals surface area contributed by atoms with Crippen LogP contribution in [-0.4, -0.2) is 22.1 Å². The van der Waals surface area contributed by atoms with Gasteiger partial charge in [0.2, 0.25) is 0 Å². The van der Waals surface area contributed by atoms with E-state index in [2.05, 4.69) is 21.8 Å². The van der Waals surface area contributed by atoms with E-state index in [-0.39, 0.29) is 5.82 Å². The van der Waals surface area contributed by atoms with Gasteiger partial charge in [-0.1, -0.05) is 6.92 Å². The molecule has 3 nitrogen and oxygen atoms in total. The first-order valence-corrected chi connectivity index (χ1v) is 7.16. The number of halogens is 1. The van der Waals surface area contributed by atoms with Crippen LogP contribution in [0.1, 0.15) is 32.0 Å². The van der Waals surface area contributed by atoms with Crippen molar-refractivity contribution in [2.24, 2.45) is 0 Å². The minimum absolute atomic E-state index is 0.188. The fourth-order valence-electron chi connectivity index (χ4n) is 2.49. The standard InChI is InChI=1S/C15H20FN3/c1-2-9-19-14-10-11(16)3-6-13(14)18-15(19)7-8-17-12-4-5-12/h3,6,10,12,17H,2,4-5,7-9H2,1H3. The third-order valence-corrected chi connectivity index (χ3v) is 3.60. The van der Waals surface area contributed by atoms with Crippen LogP contribution in [-0.2, 0) is 13.0 Å². The molecule has 0 bridgehead atoms. The molecule has 2 aromatic rings. The third-order valence-electron chi connectivity index (χ3n) is 3.60. The number of hydrogen-bond donors (Lipinski definition) is 1. The van der Waals surface area contributed by atoms with Gasteiger partial charge in [0.25, 0.3) is 0 Å². The van der Waals surface area contributed by atoms with Crippen LogP contribution in [0.2, 0.25) is 0 Å². The van der Waals surface area contributed by atoms with Gasteiger partial charge >= 0.3 is 0 Å². The second-order valence-electron chi connectivity index (χ2n) is 5.29. The molecule has 1 aromatic heterocycles. The SMILES string of the molecule is CCCn1c(CCNC2CC2)nc2ccc(F)cc21. The Bertz CT molecular complexity index is 572. The monoisotopic (exact) mass is 261 g/mol. The molecule has 0 aliphatic heterocycles. The quantitative estimate of drug-likeness (QED) is 0.866. The second-order valence-corrected chi connectivity index (χ2v) is 5.29. The maximum absolute atomic E-state index is 13.4. The summed E-state index contributed by atoms with van der Waals surface area (Å²) in [5.74, 6) is 0.878. The molecule has 0 radical (unpaired) electrons. The van der Waals surface area contributed by atoms with Gasteiger partial charge < -0.3 is 9.88 Å². The molecular formula is C15H20FN3. The molecule has 19 heavy (non-hydrogen) atoms. The summed E-state index contributed by atoms with van der Waals surface area (Å²) in [6.45, 7) is 4.00. The zero-order valence-electron chi connectivity index (χ0n) is 11.3. The average Bonchev–Trinajstić information content (AvgIpc) is 3.15. The van der Waals surface area contributed by atoms with Crippen LogP contribution in [0.5, 0.6) is 0 Å². The van der Waals surface area contributed by atoms with Crippen molar-refractivity contribution in [2.45, 2.75) is 45.2 Å². The highest BCUT2D eigenvalue weighted by Crippen LogP contribution is 2.20. The van der Waals surface area contributed by atoms with Crippen LogP contribution in [0.3, 0.4) is 0 Å². The van der Waals surface area contributed by atoms with Gasteiger partial charge in [0.1, 0.15) is 11.6 Å². The molecule has 1 aromatic carbocycles. The van der Waals surface area contributed by atoms with Gasteiger partial charge in [-0.15, -0.1) is 0 Å². The third kappa shape index (κ3) is 2.78. The molecule has 0 saturated heterocycles. The smallest absolute Gasteiger partial charge is 0.125 e. The first-order chi connectivity index (χ1) is 9.28. The first kappa shape index (κ1) is 12.6. The molecule has 3 rings (SSSR count). The van der Waals surface area contributed by atoms with Crippen molar-refractivity contribution in [3.05, 3.63) is 29.8 Å². The molecule has 0 unspecified atom stereocenters. The average molecular weight is 261 g/mol. The highest BCUT2D eigenvalue weighted by atomic mass is 19.1. The summed E-state index contributed by atoms with van der Waals surface area (Å²) in [7, 11) is 0. The molecular weight excluding hydrogens is 241 g/mol. The van der Waals surface area contributed by atoms with Crippen molar-refractivity contribution in [3.8, 4) is 0 Å². The largest absolute Gasteiger partial charge is 0.328 e. The van der Waals surface area contributed by atoms with Gasteiger partial charge in [0.05, 0.1) is 11.0 Å². The molecule has 4 heteroatoms. The second kappa shape index (κ2) is 5.29. The maximum atomic E-state index is 13.4. The Kier molecular flexibility index (Phi) is 3.51. The Morgan fingerprint density at radius 1 is 1.42 bits per heavy atom. The van der Waals surface area contributed by atoms with E-state index in [9.17, 15) is 4.39 Å². The fourth-order valence-corrected chi connectivity index (χ4v) is 2.49. The summed E-state index contributed by atoms with van der Waals surface area (Å²) in [6, 6.07) is 5.57. The van der Waals surface area contributed by atoms with E-state index in [4.69, 9.17) is 0 Å². The lowest BCUT2D eigenvalue weighted by atomic mass is 10.3. The minimum atomic E-state index is -0.188. The summed E-state index contributed by atoms with van der Waals surface area (Å²) in [5.41, 5.74) is 1.82. The zero-order chi connectivity index (χ0) is 13.2. The summed E-state index contributed by atoms with van der Waals surface area (Å²) in [6.07, 6.45) is 4.55. The van der Waals surface area contributed by atoms with Gasteiger partial charge in [-0.25, -0.2) is 9.37 Å². The lowest BCUT2D eigenvalue weighted by Crippen LogP contribution is -2.20. The van der Waals surface area contributed by atoms with E-state index in [0.29, 0.717) is 0 Å². The van der Waals surface area contributed by atoms with E-state index < -0.39 is 0 Å². The number of imidazole rings is 1. The fraction of sp³-hybridized carbons (Fsp3) is 0.533. The predicted octanol–water partition coefficient (Wildman–Crippen LogP) is 2.88. The first-order valence-electron chi connectivity index (χ1n) is 7.16. The molecule has 0 atom stereocenters. The van der Waals surface area contributed by atoms with Gasteiger partial charge in [-0.05, 0) is 37.5 Å². The van der Waals surface area contributed by atoms with Crippen LogP contribution < -0.4 is 5.32 Å². The maximum Gasteiger partial charge on any atom is 0.125 e. The predicted molar refractivity (Wildman–Crippen MR) is 74.7 cm³/mol. The Hall–Kier alpha value is -1.42. The number of hydrogen-bond acceptors (Lipinski definition) is 2. The highest BCUT2D eigenvalue weighted by molar-refractivity contribution is 5.76. The lowest BCUT2D eigenvalue weighted by Gasteiger charge is -2.08. The van der Waals surface area contributed by atoms with Crippen LogP contribution >= 0.6 is 0 Å². The molecule has 102 valence electrons. The number of aryl methyl sites for hydroxylation is 1. The molecule has 0 spiro atoms. The Balaban J connectivity index is 1.85. The van der Waals surface area contributed by atoms with E-state index in [1.54, 1.807) is 12.1 Å². The van der Waals surface area contributed by atoms with Gasteiger partial charge in [-0.3, -0.25) is 0 Å². The molecule has 1 aliphatic carbocycles. The molecule has 1 N–H and O–H groups in total. The number of rotatable bonds is 6. The topological polar surface area (TPSA) is 29.9 Å². The van der Waals surface area contributed by atoms with Crippen LogP contribution in [0.15, 0.2) is 18.2 Å². The van der Waals surface area contributed by atoms with Crippen LogP contribution in [0.4, 0.5) is 4.39 Å². The highest BCUT2D eigenvalue weighted by Gasteiger charge is 2.20. The number of nitrogens with one attached hydrogen (secondary N) is 1. The zero-order valence-corrected chi connectivity index (χ0v) is 11.3. The van der Waals surface area contributed by atoms with Crippen molar-refractivity contribution >= 4 is 11.0 Å². The van der Waals surface area contributed by atoms with Gasteiger partial charge in [0, 0.05) is 25.6 Å². The van der Waals surface area contributed by atoms with Crippen molar-refractivity contribution in [3.63, 3.8) is 0 Å². The van der Waals surface area contributed by atoms with E-state index in [1.807, 2.05) is 0 Å². The summed E-state index contributed by atoms with van der Waals surface area (Å²) in [5, 5.41) is 3.50. The normalized spacial score (nSPS) is 15.3. The molecule has 1 fully saturated rings. The van der Waals surface area contributed by atoms with Crippen molar-refractivity contribution in [1.82, 2.24) is 14.9 Å². The lowest BCUT2D eigenvalue weighted by molar-refractivity contribution is 0.610. The van der Waals surface area contributed by atoms with Crippen LogP contribution in [0, 0.1) is 5.82 Å². The number of fused-ring (bicyclic) bond motifs is 1. The minimum Gasteiger partial charge on any atom is -0.328 e. The van der Waals surface area contributed by atoms with E-state index in [1.165, 1.54) is 18.9 Å². The Labute approximate surface area is 112 Å². The molecule has 0 amide bonds. The summed E-state index contributed by atoms with van der Waals surface area (Å²) >= 11 is 0.